The number of hydrogen-bond acceptors (Lipinski definition) is 3. The molecule has 1 fully saturated rings. The van der Waals surface area contributed by atoms with Gasteiger partial charge in [0.1, 0.15) is 0 Å². The molecule has 29 heavy (non-hydrogen) atoms. The lowest BCUT2D eigenvalue weighted by Crippen LogP contribution is -2.40. The summed E-state index contributed by atoms with van der Waals surface area (Å²) in [5.74, 6) is 0.581. The zero-order valence-corrected chi connectivity index (χ0v) is 18.3. The van der Waals surface area contributed by atoms with Crippen molar-refractivity contribution in [2.45, 2.75) is 31.0 Å². The predicted octanol–water partition coefficient (Wildman–Crippen LogP) is 4.04. The molecule has 1 aromatic heterocycles. The van der Waals surface area contributed by atoms with E-state index in [4.69, 9.17) is 0 Å². The maximum Gasteiger partial charge on any atom is 0.422 e. The third-order valence-corrected chi connectivity index (χ3v) is 4.70. The number of guanidine groups is 1. The summed E-state index contributed by atoms with van der Waals surface area (Å²) in [5.41, 5.74) is 2.21. The number of aromatic nitrogens is 1. The lowest BCUT2D eigenvalue weighted by Gasteiger charge is -2.19. The Morgan fingerprint density at radius 1 is 1.17 bits per heavy atom. The Morgan fingerprint density at radius 2 is 1.90 bits per heavy atom. The lowest BCUT2D eigenvalue weighted by molar-refractivity contribution is -0.154. The van der Waals surface area contributed by atoms with Crippen LogP contribution in [0.4, 0.5) is 13.2 Å². The van der Waals surface area contributed by atoms with Crippen LogP contribution in [0.25, 0.3) is 0 Å². The van der Waals surface area contributed by atoms with Crippen LogP contribution < -0.4 is 15.4 Å². The van der Waals surface area contributed by atoms with Crippen LogP contribution in [0.2, 0.25) is 0 Å². The van der Waals surface area contributed by atoms with Crippen LogP contribution in [0.15, 0.2) is 53.7 Å². The maximum atomic E-state index is 12.3. The summed E-state index contributed by atoms with van der Waals surface area (Å²) in [5, 5.41) is 6.51. The molecule has 0 saturated heterocycles. The number of hydrogen-bond donors (Lipinski definition) is 2. The Bertz CT molecular complexity index is 811. The van der Waals surface area contributed by atoms with Crippen molar-refractivity contribution >= 4 is 29.9 Å². The number of ether oxygens (including phenoxy) is 1. The average molecular weight is 520 g/mol. The minimum absolute atomic E-state index is 0. The highest BCUT2D eigenvalue weighted by atomic mass is 127. The van der Waals surface area contributed by atoms with Gasteiger partial charge in [-0.3, -0.25) is 4.99 Å². The smallest absolute Gasteiger partial charge is 0.422 e. The first-order chi connectivity index (χ1) is 13.4. The van der Waals surface area contributed by atoms with Crippen molar-refractivity contribution in [3.8, 4) is 5.88 Å². The van der Waals surface area contributed by atoms with Crippen molar-refractivity contribution < 1.29 is 17.9 Å². The largest absolute Gasteiger partial charge is 0.468 e. The summed E-state index contributed by atoms with van der Waals surface area (Å²) >= 11 is 0. The van der Waals surface area contributed by atoms with Crippen LogP contribution in [-0.2, 0) is 12.0 Å². The summed E-state index contributed by atoms with van der Waals surface area (Å²) in [6, 6.07) is 13.6. The van der Waals surface area contributed by atoms with Gasteiger partial charge in [0, 0.05) is 37.8 Å². The van der Waals surface area contributed by atoms with Gasteiger partial charge < -0.3 is 15.4 Å². The first-order valence-corrected chi connectivity index (χ1v) is 9.05. The van der Waals surface area contributed by atoms with Crippen molar-refractivity contribution in [1.82, 2.24) is 15.6 Å². The second-order valence-corrected chi connectivity index (χ2v) is 6.83. The standard InChI is InChI=1S/C20H23F3N4O.HI/c1-24-18(27-13-19(8-9-19)16-5-3-2-4-6-16)26-12-15-7-10-25-17(11-15)28-14-20(21,22)23;/h2-7,10-11H,8-9,12-14H2,1H3,(H2,24,26,27);1H. The van der Waals surface area contributed by atoms with E-state index < -0.39 is 12.8 Å². The number of pyridine rings is 1. The Hall–Kier alpha value is -2.04. The molecule has 1 aliphatic rings. The highest BCUT2D eigenvalue weighted by molar-refractivity contribution is 14.0. The van der Waals surface area contributed by atoms with Crippen molar-refractivity contribution in [3.63, 3.8) is 0 Å². The number of benzene rings is 1. The molecule has 3 rings (SSSR count). The van der Waals surface area contributed by atoms with Gasteiger partial charge in [-0.1, -0.05) is 30.3 Å². The highest BCUT2D eigenvalue weighted by Gasteiger charge is 2.44. The average Bonchev–Trinajstić information content (AvgIpc) is 3.48. The quantitative estimate of drug-likeness (QED) is 0.329. The van der Waals surface area contributed by atoms with E-state index in [0.29, 0.717) is 12.5 Å². The molecule has 9 heteroatoms. The molecule has 0 bridgehead atoms. The molecular weight excluding hydrogens is 496 g/mol. The third kappa shape index (κ3) is 7.06. The molecule has 0 unspecified atom stereocenters. The second-order valence-electron chi connectivity index (χ2n) is 6.83. The van der Waals surface area contributed by atoms with Crippen LogP contribution in [-0.4, -0.2) is 37.3 Å². The van der Waals surface area contributed by atoms with E-state index in [-0.39, 0.29) is 35.3 Å². The Kier molecular flexibility index (Phi) is 8.12. The fourth-order valence-corrected chi connectivity index (χ4v) is 2.96. The van der Waals surface area contributed by atoms with E-state index in [2.05, 4.69) is 37.5 Å². The van der Waals surface area contributed by atoms with Crippen LogP contribution in [0.3, 0.4) is 0 Å². The number of nitrogens with one attached hydrogen (secondary N) is 2. The third-order valence-electron chi connectivity index (χ3n) is 4.70. The molecule has 0 atom stereocenters. The Morgan fingerprint density at radius 3 is 2.52 bits per heavy atom. The van der Waals surface area contributed by atoms with E-state index in [0.717, 1.165) is 24.9 Å². The fraction of sp³-hybridized carbons (Fsp3) is 0.400. The molecule has 0 amide bonds. The molecule has 2 aromatic rings. The molecule has 2 N–H and O–H groups in total. The van der Waals surface area contributed by atoms with Crippen molar-refractivity contribution in [3.05, 3.63) is 59.8 Å². The first kappa shape index (κ1) is 23.2. The normalized spacial score (nSPS) is 15.2. The number of aliphatic imine (C=N–C) groups is 1. The second kappa shape index (κ2) is 10.1. The molecule has 0 spiro atoms. The molecule has 0 aliphatic heterocycles. The zero-order chi connectivity index (χ0) is 20.0. The maximum absolute atomic E-state index is 12.3. The van der Waals surface area contributed by atoms with Gasteiger partial charge in [-0.15, -0.1) is 24.0 Å². The first-order valence-electron chi connectivity index (χ1n) is 9.05. The van der Waals surface area contributed by atoms with Crippen molar-refractivity contribution in [2.75, 3.05) is 20.2 Å². The Labute approximate surface area is 185 Å². The summed E-state index contributed by atoms with van der Waals surface area (Å²) in [6.07, 6.45) is -0.705. The van der Waals surface area contributed by atoms with E-state index in [1.54, 1.807) is 13.1 Å². The molecule has 1 aliphatic carbocycles. The summed E-state index contributed by atoms with van der Waals surface area (Å²) in [4.78, 5) is 8.02. The monoisotopic (exact) mass is 520 g/mol. The molecule has 1 heterocycles. The van der Waals surface area contributed by atoms with Gasteiger partial charge >= 0.3 is 6.18 Å². The van der Waals surface area contributed by atoms with Crippen LogP contribution in [0, 0.1) is 0 Å². The van der Waals surface area contributed by atoms with E-state index in [1.807, 2.05) is 18.2 Å². The molecular formula is C20H24F3IN4O. The number of nitrogens with zero attached hydrogens (tertiary/aromatic N) is 2. The fourth-order valence-electron chi connectivity index (χ4n) is 2.96. The molecule has 0 radical (unpaired) electrons. The van der Waals surface area contributed by atoms with Gasteiger partial charge in [0.25, 0.3) is 0 Å². The van der Waals surface area contributed by atoms with E-state index in [1.165, 1.54) is 17.8 Å². The summed E-state index contributed by atoms with van der Waals surface area (Å²) in [6.45, 7) is -0.197. The van der Waals surface area contributed by atoms with Gasteiger partial charge in [-0.05, 0) is 30.0 Å². The predicted molar refractivity (Wildman–Crippen MR) is 117 cm³/mol. The molecule has 158 valence electrons. The van der Waals surface area contributed by atoms with Gasteiger partial charge in [0.05, 0.1) is 0 Å². The minimum Gasteiger partial charge on any atom is -0.468 e. The number of rotatable bonds is 7. The number of alkyl halides is 3. The van der Waals surface area contributed by atoms with E-state index in [9.17, 15) is 13.2 Å². The molecule has 1 aromatic carbocycles. The van der Waals surface area contributed by atoms with Crippen LogP contribution >= 0.6 is 24.0 Å². The number of halogens is 4. The van der Waals surface area contributed by atoms with Gasteiger partial charge in [-0.25, -0.2) is 4.98 Å². The minimum atomic E-state index is -4.39. The van der Waals surface area contributed by atoms with Gasteiger partial charge in [0.2, 0.25) is 5.88 Å². The highest BCUT2D eigenvalue weighted by Crippen LogP contribution is 2.47. The molecule has 5 nitrogen and oxygen atoms in total. The van der Waals surface area contributed by atoms with Crippen molar-refractivity contribution in [2.24, 2.45) is 4.99 Å². The van der Waals surface area contributed by atoms with Gasteiger partial charge in [0.15, 0.2) is 12.6 Å². The summed E-state index contributed by atoms with van der Waals surface area (Å²) < 4.78 is 41.5. The summed E-state index contributed by atoms with van der Waals surface area (Å²) in [7, 11) is 1.68. The van der Waals surface area contributed by atoms with Crippen molar-refractivity contribution in [1.29, 1.82) is 0 Å². The molecule has 1 saturated carbocycles. The zero-order valence-electron chi connectivity index (χ0n) is 16.0. The Balaban J connectivity index is 0.00000300. The van der Waals surface area contributed by atoms with Crippen LogP contribution in [0.5, 0.6) is 5.88 Å². The topological polar surface area (TPSA) is 58.5 Å². The SMILES string of the molecule is CN=C(NCc1ccnc(OCC(F)(F)F)c1)NCC1(c2ccccc2)CC1.I. The van der Waals surface area contributed by atoms with E-state index >= 15 is 0 Å². The lowest BCUT2D eigenvalue weighted by atomic mass is 9.96. The van der Waals surface area contributed by atoms with Gasteiger partial charge in [-0.2, -0.15) is 13.2 Å². The van der Waals surface area contributed by atoms with Crippen LogP contribution in [0.1, 0.15) is 24.0 Å².